The van der Waals surface area contributed by atoms with Crippen LogP contribution < -0.4 is 0 Å². The first-order valence-electron chi connectivity index (χ1n) is 16.3. The third kappa shape index (κ3) is 27.1. The molecule has 0 spiro atoms. The number of halogens is 1. The molecular formula is C40H61ClO5Si2. The molecule has 0 saturated carbocycles. The van der Waals surface area contributed by atoms with Crippen molar-refractivity contribution < 1.29 is 24.2 Å². The average molecular weight is 714 g/mol. The van der Waals surface area contributed by atoms with Gasteiger partial charge in [-0.2, -0.15) is 0 Å². The second-order valence-corrected chi connectivity index (χ2v) is 23.1. The van der Waals surface area contributed by atoms with Crippen LogP contribution in [0.1, 0.15) is 59.4 Å². The summed E-state index contributed by atoms with van der Waals surface area (Å²) in [6.45, 7) is 25.4. The minimum atomic E-state index is -1.49. The third-order valence-corrected chi connectivity index (χ3v) is 8.73. The summed E-state index contributed by atoms with van der Waals surface area (Å²) < 4.78 is 10.8. The zero-order valence-electron chi connectivity index (χ0n) is 30.1. The van der Waals surface area contributed by atoms with Gasteiger partial charge in [0.25, 0.3) is 0 Å². The van der Waals surface area contributed by atoms with E-state index in [0.717, 1.165) is 43.3 Å². The van der Waals surface area contributed by atoms with Crippen LogP contribution in [-0.4, -0.2) is 45.8 Å². The predicted molar refractivity (Wildman–Crippen MR) is 213 cm³/mol. The fraction of sp³-hybridized carbons (Fsp3) is 0.375. The SMILES string of the molecule is C=CCC(O)c1ccccc1.C=CCC(O[Si](C)(C)C)c1ccccc1.C=CC[Si](C)(C)C.Cl.O=Cc1ccccc1.OC1CCCO1. The van der Waals surface area contributed by atoms with Crippen molar-refractivity contribution in [3.8, 4) is 0 Å². The lowest BCUT2D eigenvalue weighted by atomic mass is 10.1. The first-order chi connectivity index (χ1) is 22.3. The van der Waals surface area contributed by atoms with E-state index in [-0.39, 0.29) is 18.5 Å². The number of hydrogen-bond donors (Lipinski definition) is 2. The first-order valence-corrected chi connectivity index (χ1v) is 23.5. The molecule has 1 fully saturated rings. The Labute approximate surface area is 300 Å². The molecule has 2 N–H and O–H groups in total. The van der Waals surface area contributed by atoms with Crippen LogP contribution in [0.3, 0.4) is 0 Å². The molecule has 3 aromatic rings. The van der Waals surface area contributed by atoms with Crippen LogP contribution in [0.4, 0.5) is 0 Å². The summed E-state index contributed by atoms with van der Waals surface area (Å²) >= 11 is 0. The molecule has 5 nitrogen and oxygen atoms in total. The lowest BCUT2D eigenvalue weighted by Crippen LogP contribution is -2.27. The molecule has 0 aliphatic carbocycles. The molecule has 1 aliphatic heterocycles. The van der Waals surface area contributed by atoms with Crippen LogP contribution in [0.15, 0.2) is 129 Å². The van der Waals surface area contributed by atoms with Crippen LogP contribution in [0.25, 0.3) is 0 Å². The quantitative estimate of drug-likeness (QED) is 0.118. The van der Waals surface area contributed by atoms with Gasteiger partial charge in [-0.25, -0.2) is 0 Å². The summed E-state index contributed by atoms with van der Waals surface area (Å²) in [6, 6.07) is 30.3. The van der Waals surface area contributed by atoms with Crippen molar-refractivity contribution in [1.82, 2.24) is 0 Å². The van der Waals surface area contributed by atoms with Crippen molar-refractivity contribution in [3.63, 3.8) is 0 Å². The van der Waals surface area contributed by atoms with Gasteiger partial charge in [0.15, 0.2) is 14.6 Å². The van der Waals surface area contributed by atoms with Crippen molar-refractivity contribution >= 4 is 35.1 Å². The summed E-state index contributed by atoms with van der Waals surface area (Å²) in [5, 5.41) is 18.0. The third-order valence-electron chi connectivity index (χ3n) is 6.22. The van der Waals surface area contributed by atoms with Gasteiger partial charge in [0, 0.05) is 26.7 Å². The summed E-state index contributed by atoms with van der Waals surface area (Å²) in [6.07, 6.45) is 9.16. The van der Waals surface area contributed by atoms with Crippen molar-refractivity contribution in [1.29, 1.82) is 0 Å². The number of aliphatic hydroxyl groups excluding tert-OH is 2. The molecular weight excluding hydrogens is 652 g/mol. The van der Waals surface area contributed by atoms with Gasteiger partial charge < -0.3 is 19.4 Å². The van der Waals surface area contributed by atoms with E-state index in [0.29, 0.717) is 6.42 Å². The Bertz CT molecular complexity index is 1210. The van der Waals surface area contributed by atoms with E-state index < -0.39 is 28.8 Å². The van der Waals surface area contributed by atoms with E-state index in [4.69, 9.17) is 14.3 Å². The zero-order chi connectivity index (χ0) is 35.6. The number of aliphatic hydroxyl groups is 2. The monoisotopic (exact) mass is 712 g/mol. The number of ether oxygens (including phenoxy) is 1. The van der Waals surface area contributed by atoms with Gasteiger partial charge >= 0.3 is 0 Å². The van der Waals surface area contributed by atoms with E-state index >= 15 is 0 Å². The molecule has 0 amide bonds. The minimum Gasteiger partial charge on any atom is -0.410 e. The minimum absolute atomic E-state index is 0. The molecule has 0 radical (unpaired) electrons. The van der Waals surface area contributed by atoms with Gasteiger partial charge in [-0.15, -0.1) is 32.1 Å². The number of hydrogen-bond acceptors (Lipinski definition) is 5. The van der Waals surface area contributed by atoms with Crippen LogP contribution in [0.5, 0.6) is 0 Å². The summed E-state index contributed by atoms with van der Waals surface area (Å²) in [5.41, 5.74) is 2.93. The Morgan fingerprint density at radius 1 is 0.792 bits per heavy atom. The van der Waals surface area contributed by atoms with E-state index in [2.05, 4.69) is 83.3 Å². The van der Waals surface area contributed by atoms with Crippen molar-refractivity contribution in [2.24, 2.45) is 0 Å². The highest BCUT2D eigenvalue weighted by atomic mass is 35.5. The maximum Gasteiger partial charge on any atom is 0.184 e. The van der Waals surface area contributed by atoms with Crippen molar-refractivity contribution in [3.05, 3.63) is 146 Å². The number of allylic oxidation sites excluding steroid dienone is 1. The van der Waals surface area contributed by atoms with Crippen LogP contribution in [-0.2, 0) is 9.16 Å². The topological polar surface area (TPSA) is 76.0 Å². The normalized spacial score (nSPS) is 14.5. The molecule has 3 atom stereocenters. The molecule has 3 aromatic carbocycles. The highest BCUT2D eigenvalue weighted by Crippen LogP contribution is 2.25. The van der Waals surface area contributed by atoms with E-state index in [1.807, 2.05) is 66.7 Å². The molecule has 0 bridgehead atoms. The fourth-order valence-corrected chi connectivity index (χ4v) is 5.94. The molecule has 1 saturated heterocycles. The predicted octanol–water partition coefficient (Wildman–Crippen LogP) is 11.0. The van der Waals surface area contributed by atoms with Gasteiger partial charge in [0.1, 0.15) is 6.29 Å². The molecule has 266 valence electrons. The number of rotatable bonds is 11. The molecule has 1 aliphatic rings. The summed E-state index contributed by atoms with van der Waals surface area (Å²) in [5.74, 6) is 0. The Hall–Kier alpha value is -2.89. The second-order valence-electron chi connectivity index (χ2n) is 13.2. The number of aldehydes is 1. The van der Waals surface area contributed by atoms with E-state index in [9.17, 15) is 9.90 Å². The lowest BCUT2D eigenvalue weighted by Gasteiger charge is -2.26. The molecule has 8 heteroatoms. The molecule has 0 aromatic heterocycles. The second kappa shape index (κ2) is 28.0. The van der Waals surface area contributed by atoms with Gasteiger partial charge in [-0.3, -0.25) is 4.79 Å². The average Bonchev–Trinajstić information content (AvgIpc) is 3.53. The van der Waals surface area contributed by atoms with Gasteiger partial charge in [0.2, 0.25) is 0 Å². The van der Waals surface area contributed by atoms with Crippen LogP contribution in [0.2, 0.25) is 45.3 Å². The number of carbonyl (C=O) groups is 1. The Kier molecular flexibility index (Phi) is 27.6. The molecule has 48 heavy (non-hydrogen) atoms. The first kappa shape index (κ1) is 47.2. The maximum absolute atomic E-state index is 10.0. The van der Waals surface area contributed by atoms with Gasteiger partial charge in [-0.1, -0.05) is 129 Å². The summed E-state index contributed by atoms with van der Waals surface area (Å²) in [4.78, 5) is 10.0. The van der Waals surface area contributed by atoms with Gasteiger partial charge in [-0.05, 0) is 56.1 Å². The molecule has 3 unspecified atom stereocenters. The van der Waals surface area contributed by atoms with Gasteiger partial charge in [0.05, 0.1) is 12.2 Å². The Morgan fingerprint density at radius 3 is 1.56 bits per heavy atom. The highest BCUT2D eigenvalue weighted by Gasteiger charge is 2.21. The van der Waals surface area contributed by atoms with E-state index in [1.165, 1.54) is 11.6 Å². The maximum atomic E-state index is 10.0. The van der Waals surface area contributed by atoms with Crippen LogP contribution >= 0.6 is 12.4 Å². The zero-order valence-corrected chi connectivity index (χ0v) is 32.9. The van der Waals surface area contributed by atoms with Crippen molar-refractivity contribution in [2.75, 3.05) is 6.61 Å². The smallest absolute Gasteiger partial charge is 0.184 e. The fourth-order valence-electron chi connectivity index (χ4n) is 3.99. The number of carbonyl (C=O) groups excluding carboxylic acids is 1. The standard InChI is InChI=1S/C13H20OSi.C10H12O.C7H6O.C6H14Si.C4H8O2.ClH/c1-5-9-13(14-15(2,3)4)12-10-7-6-8-11-12;1-2-6-10(11)9-7-4-3-5-8-9;8-6-7-4-2-1-3-5-7;1-5-6-7(2,3)4;5-4-2-1-3-6-4;/h5-8,10-11,13H,1,9H2,2-4H3;2-5,7-8,10-11H,1,6H2;1-6H;5H,1,6H2,2-4H3;4-5H,1-3H2;1H. The summed E-state index contributed by atoms with van der Waals surface area (Å²) in [7, 11) is -2.26. The Balaban J connectivity index is 0. The van der Waals surface area contributed by atoms with E-state index in [1.54, 1.807) is 18.2 Å². The lowest BCUT2D eigenvalue weighted by molar-refractivity contribution is -0.0589. The largest absolute Gasteiger partial charge is 0.410 e. The molecule has 4 rings (SSSR count). The molecule has 1 heterocycles. The Morgan fingerprint density at radius 2 is 1.27 bits per heavy atom. The van der Waals surface area contributed by atoms with Crippen molar-refractivity contribution in [2.45, 2.75) is 89.5 Å². The van der Waals surface area contributed by atoms with Crippen LogP contribution in [0, 0.1) is 0 Å². The number of benzene rings is 3. The highest BCUT2D eigenvalue weighted by molar-refractivity contribution is 6.76.